The van der Waals surface area contributed by atoms with E-state index in [2.05, 4.69) is 38.3 Å². The van der Waals surface area contributed by atoms with Crippen molar-refractivity contribution in [1.29, 1.82) is 0 Å². The molecule has 3 heteroatoms. The molecule has 2 nitrogen and oxygen atoms in total. The molecule has 0 atom stereocenters. The van der Waals surface area contributed by atoms with Crippen molar-refractivity contribution in [2.75, 3.05) is 6.54 Å². The fraction of sp³-hybridized carbons (Fsp3) is 0.889. The highest BCUT2D eigenvalue weighted by Crippen LogP contribution is 1.95. The molecule has 0 aliphatic heterocycles. The van der Waals surface area contributed by atoms with Crippen molar-refractivity contribution in [1.82, 2.24) is 10.6 Å². The maximum absolute atomic E-state index is 5.06. The Bertz CT molecular complexity index is 132. The first-order valence-corrected chi connectivity index (χ1v) is 4.97. The van der Waals surface area contributed by atoms with Crippen molar-refractivity contribution in [2.45, 2.75) is 40.2 Å². The summed E-state index contributed by atoms with van der Waals surface area (Å²) in [6, 6.07) is 0.420. The standard InChI is InChI=1S/C9H20N2S/c1-7(2)5-6-10-9(12)11-8(3)4/h7-8H,5-6H2,1-4H3,(H2,10,11,12). The van der Waals surface area contributed by atoms with Crippen molar-refractivity contribution >= 4 is 17.3 Å². The summed E-state index contributed by atoms with van der Waals surface area (Å²) in [6.07, 6.45) is 1.17. The first-order chi connectivity index (χ1) is 5.52. The minimum Gasteiger partial charge on any atom is -0.363 e. The molecule has 0 rings (SSSR count). The molecule has 0 aromatic heterocycles. The summed E-state index contributed by atoms with van der Waals surface area (Å²) in [6.45, 7) is 9.55. The van der Waals surface area contributed by atoms with E-state index in [1.807, 2.05) is 0 Å². The van der Waals surface area contributed by atoms with Crippen LogP contribution in [-0.4, -0.2) is 17.7 Å². The molecule has 0 amide bonds. The minimum atomic E-state index is 0.420. The van der Waals surface area contributed by atoms with Crippen LogP contribution in [0.1, 0.15) is 34.1 Å². The van der Waals surface area contributed by atoms with Gasteiger partial charge in [0.25, 0.3) is 0 Å². The van der Waals surface area contributed by atoms with Gasteiger partial charge in [-0.15, -0.1) is 0 Å². The monoisotopic (exact) mass is 188 g/mol. The fourth-order valence-electron chi connectivity index (χ4n) is 0.788. The van der Waals surface area contributed by atoms with Crippen molar-refractivity contribution in [2.24, 2.45) is 5.92 Å². The van der Waals surface area contributed by atoms with Gasteiger partial charge in [0, 0.05) is 12.6 Å². The van der Waals surface area contributed by atoms with Crippen LogP contribution in [-0.2, 0) is 0 Å². The molecule has 0 spiro atoms. The van der Waals surface area contributed by atoms with Gasteiger partial charge in [-0.25, -0.2) is 0 Å². The Balaban J connectivity index is 3.32. The number of hydrogen-bond donors (Lipinski definition) is 2. The van der Waals surface area contributed by atoms with E-state index in [1.54, 1.807) is 0 Å². The van der Waals surface area contributed by atoms with Gasteiger partial charge in [0.15, 0.2) is 5.11 Å². The van der Waals surface area contributed by atoms with Crippen LogP contribution in [0.15, 0.2) is 0 Å². The van der Waals surface area contributed by atoms with Gasteiger partial charge < -0.3 is 10.6 Å². The van der Waals surface area contributed by atoms with E-state index in [9.17, 15) is 0 Å². The minimum absolute atomic E-state index is 0.420. The lowest BCUT2D eigenvalue weighted by Gasteiger charge is -2.13. The number of rotatable bonds is 4. The van der Waals surface area contributed by atoms with Crippen LogP contribution in [0.4, 0.5) is 0 Å². The molecule has 0 aromatic rings. The van der Waals surface area contributed by atoms with Gasteiger partial charge in [0.1, 0.15) is 0 Å². The second kappa shape index (κ2) is 6.23. The van der Waals surface area contributed by atoms with E-state index in [-0.39, 0.29) is 0 Å². The highest BCUT2D eigenvalue weighted by Gasteiger charge is 1.97. The average molecular weight is 188 g/mol. The molecule has 72 valence electrons. The zero-order valence-corrected chi connectivity index (χ0v) is 9.29. The van der Waals surface area contributed by atoms with Crippen molar-refractivity contribution in [3.8, 4) is 0 Å². The van der Waals surface area contributed by atoms with Crippen LogP contribution in [0.5, 0.6) is 0 Å². The molecule has 2 N–H and O–H groups in total. The largest absolute Gasteiger partial charge is 0.363 e. The zero-order valence-electron chi connectivity index (χ0n) is 8.48. The predicted molar refractivity (Wildman–Crippen MR) is 58.3 cm³/mol. The number of nitrogens with one attached hydrogen (secondary N) is 2. The lowest BCUT2D eigenvalue weighted by atomic mass is 10.1. The van der Waals surface area contributed by atoms with Crippen LogP contribution in [0.25, 0.3) is 0 Å². The predicted octanol–water partition coefficient (Wildman–Crippen LogP) is 1.90. The lowest BCUT2D eigenvalue weighted by molar-refractivity contribution is 0.573. The third kappa shape index (κ3) is 7.79. The normalized spacial score (nSPS) is 10.5. The highest BCUT2D eigenvalue weighted by molar-refractivity contribution is 7.80. The number of hydrogen-bond acceptors (Lipinski definition) is 1. The number of thiocarbonyl (C=S) groups is 1. The Morgan fingerprint density at radius 3 is 2.25 bits per heavy atom. The summed E-state index contributed by atoms with van der Waals surface area (Å²) in [5, 5.41) is 7.07. The van der Waals surface area contributed by atoms with E-state index in [4.69, 9.17) is 12.2 Å². The second-order valence-electron chi connectivity index (χ2n) is 3.74. The summed E-state index contributed by atoms with van der Waals surface area (Å²) in [4.78, 5) is 0. The fourth-order valence-corrected chi connectivity index (χ4v) is 1.13. The molecule has 0 unspecified atom stereocenters. The van der Waals surface area contributed by atoms with Crippen LogP contribution in [0.2, 0.25) is 0 Å². The molecule has 12 heavy (non-hydrogen) atoms. The van der Waals surface area contributed by atoms with E-state index >= 15 is 0 Å². The molecule has 0 saturated carbocycles. The Labute approximate surface area is 81.1 Å². The lowest BCUT2D eigenvalue weighted by Crippen LogP contribution is -2.39. The van der Waals surface area contributed by atoms with Crippen molar-refractivity contribution < 1.29 is 0 Å². The quantitative estimate of drug-likeness (QED) is 0.659. The topological polar surface area (TPSA) is 24.1 Å². The third-order valence-electron chi connectivity index (χ3n) is 1.43. The SMILES string of the molecule is CC(C)CCNC(=S)NC(C)C. The van der Waals surface area contributed by atoms with Gasteiger partial charge in [-0.1, -0.05) is 13.8 Å². The van der Waals surface area contributed by atoms with Gasteiger partial charge in [-0.2, -0.15) is 0 Å². The van der Waals surface area contributed by atoms with E-state index in [0.717, 1.165) is 17.6 Å². The van der Waals surface area contributed by atoms with Crippen LogP contribution < -0.4 is 10.6 Å². The van der Waals surface area contributed by atoms with Gasteiger partial charge in [-0.05, 0) is 38.4 Å². The first kappa shape index (κ1) is 11.7. The van der Waals surface area contributed by atoms with Gasteiger partial charge in [-0.3, -0.25) is 0 Å². The summed E-state index contributed by atoms with van der Waals surface area (Å²) < 4.78 is 0. The molecular formula is C9H20N2S. The summed E-state index contributed by atoms with van der Waals surface area (Å²) in [5.74, 6) is 0.736. The van der Waals surface area contributed by atoms with E-state index in [0.29, 0.717) is 6.04 Å². The molecule has 0 radical (unpaired) electrons. The van der Waals surface area contributed by atoms with Crippen LogP contribution >= 0.6 is 12.2 Å². The highest BCUT2D eigenvalue weighted by atomic mass is 32.1. The summed E-state index contributed by atoms with van der Waals surface area (Å²) in [5.41, 5.74) is 0. The molecule has 0 heterocycles. The maximum Gasteiger partial charge on any atom is 0.166 e. The molecule has 0 saturated heterocycles. The van der Waals surface area contributed by atoms with Crippen LogP contribution in [0.3, 0.4) is 0 Å². The molecule has 0 aliphatic carbocycles. The summed E-state index contributed by atoms with van der Waals surface area (Å²) >= 11 is 5.06. The smallest absolute Gasteiger partial charge is 0.166 e. The Hall–Kier alpha value is -0.310. The molecule has 0 aromatic carbocycles. The van der Waals surface area contributed by atoms with Gasteiger partial charge in [0.05, 0.1) is 0 Å². The maximum atomic E-state index is 5.06. The summed E-state index contributed by atoms with van der Waals surface area (Å²) in [7, 11) is 0. The van der Waals surface area contributed by atoms with Crippen molar-refractivity contribution in [3.63, 3.8) is 0 Å². The average Bonchev–Trinajstić information content (AvgIpc) is 1.84. The van der Waals surface area contributed by atoms with Crippen molar-refractivity contribution in [3.05, 3.63) is 0 Å². The Kier molecular flexibility index (Phi) is 6.07. The van der Waals surface area contributed by atoms with E-state index in [1.165, 1.54) is 6.42 Å². The molecule has 0 fully saturated rings. The molecule has 0 bridgehead atoms. The third-order valence-corrected chi connectivity index (χ3v) is 1.69. The van der Waals surface area contributed by atoms with Gasteiger partial charge >= 0.3 is 0 Å². The molecule has 0 aliphatic rings. The Morgan fingerprint density at radius 2 is 1.83 bits per heavy atom. The molecular weight excluding hydrogens is 168 g/mol. The van der Waals surface area contributed by atoms with E-state index < -0.39 is 0 Å². The Morgan fingerprint density at radius 1 is 1.25 bits per heavy atom. The first-order valence-electron chi connectivity index (χ1n) is 4.56. The second-order valence-corrected chi connectivity index (χ2v) is 4.15. The zero-order chi connectivity index (χ0) is 9.56. The van der Waals surface area contributed by atoms with Gasteiger partial charge in [0.2, 0.25) is 0 Å². The van der Waals surface area contributed by atoms with Crippen LogP contribution in [0, 0.1) is 5.92 Å².